The van der Waals surface area contributed by atoms with Gasteiger partial charge in [-0.05, 0) is 38.9 Å². The molecule has 3 N–H and O–H groups in total. The van der Waals surface area contributed by atoms with E-state index >= 15 is 0 Å². The summed E-state index contributed by atoms with van der Waals surface area (Å²) in [5.74, 6) is -0.0125. The molecule has 0 bridgehead atoms. The molecule has 5 nitrogen and oxygen atoms in total. The Morgan fingerprint density at radius 2 is 2.26 bits per heavy atom. The van der Waals surface area contributed by atoms with E-state index in [1.165, 1.54) is 0 Å². The number of rotatable bonds is 4. The Bertz CT molecular complexity index is 441. The Morgan fingerprint density at radius 3 is 2.95 bits per heavy atom. The van der Waals surface area contributed by atoms with Crippen molar-refractivity contribution < 1.29 is 4.79 Å². The molecule has 2 rings (SSSR count). The fourth-order valence-electron chi connectivity index (χ4n) is 2.71. The molecule has 1 aromatic rings. The summed E-state index contributed by atoms with van der Waals surface area (Å²) in [7, 11) is 0. The van der Waals surface area contributed by atoms with E-state index in [9.17, 15) is 4.79 Å². The highest BCUT2D eigenvalue weighted by Gasteiger charge is 2.22. The molecule has 19 heavy (non-hydrogen) atoms. The number of amides is 1. The van der Waals surface area contributed by atoms with Gasteiger partial charge in [-0.3, -0.25) is 4.79 Å². The molecule has 1 aromatic heterocycles. The van der Waals surface area contributed by atoms with Gasteiger partial charge < -0.3 is 20.5 Å². The first kappa shape index (κ1) is 13.9. The van der Waals surface area contributed by atoms with E-state index in [4.69, 9.17) is 5.73 Å². The lowest BCUT2D eigenvalue weighted by Gasteiger charge is -2.32. The number of likely N-dealkylation sites (N-methyl/N-ethyl adjacent to an activating group) is 1. The number of carbonyl (C=O) groups is 1. The van der Waals surface area contributed by atoms with Gasteiger partial charge in [0.2, 0.25) is 0 Å². The van der Waals surface area contributed by atoms with Gasteiger partial charge in [0.1, 0.15) is 5.69 Å². The number of aromatic nitrogens is 1. The molecule has 0 aromatic carbocycles. The van der Waals surface area contributed by atoms with Crippen molar-refractivity contribution in [3.8, 4) is 0 Å². The van der Waals surface area contributed by atoms with Crippen LogP contribution in [0.4, 0.5) is 5.69 Å². The monoisotopic (exact) mass is 264 g/mol. The van der Waals surface area contributed by atoms with Gasteiger partial charge in [-0.25, -0.2) is 0 Å². The number of nitrogens with two attached hydrogens (primary N) is 1. The summed E-state index contributed by atoms with van der Waals surface area (Å²) in [6, 6.07) is 2.00. The third kappa shape index (κ3) is 3.29. The molecular weight excluding hydrogens is 240 g/mol. The molecule has 1 atom stereocenters. The van der Waals surface area contributed by atoms with E-state index in [-0.39, 0.29) is 11.9 Å². The molecule has 1 unspecified atom stereocenters. The largest absolute Gasteiger partial charge is 0.397 e. The van der Waals surface area contributed by atoms with Crippen molar-refractivity contribution in [1.82, 2.24) is 14.8 Å². The predicted molar refractivity (Wildman–Crippen MR) is 77.1 cm³/mol. The van der Waals surface area contributed by atoms with Crippen LogP contribution in [0.5, 0.6) is 0 Å². The SMILES string of the molecule is CCN1CCCC(NC(=O)c2cc(N)cn2CC)C1. The number of nitrogens with zero attached hydrogens (tertiary/aromatic N) is 2. The Labute approximate surface area is 114 Å². The van der Waals surface area contributed by atoms with E-state index in [0.29, 0.717) is 11.4 Å². The molecule has 1 aliphatic heterocycles. The maximum absolute atomic E-state index is 12.3. The highest BCUT2D eigenvalue weighted by Crippen LogP contribution is 2.13. The summed E-state index contributed by atoms with van der Waals surface area (Å²) in [5.41, 5.74) is 7.07. The molecule has 5 heteroatoms. The third-order valence-corrected chi connectivity index (χ3v) is 3.78. The number of piperidine rings is 1. The van der Waals surface area contributed by atoms with Gasteiger partial charge >= 0.3 is 0 Å². The lowest BCUT2D eigenvalue weighted by Crippen LogP contribution is -2.47. The molecule has 1 amide bonds. The maximum Gasteiger partial charge on any atom is 0.268 e. The fraction of sp³-hybridized carbons (Fsp3) is 0.643. The Hall–Kier alpha value is -1.49. The molecule has 0 aliphatic carbocycles. The van der Waals surface area contributed by atoms with Gasteiger partial charge in [-0.15, -0.1) is 0 Å². The second-order valence-electron chi connectivity index (χ2n) is 5.15. The quantitative estimate of drug-likeness (QED) is 0.861. The Kier molecular flexibility index (Phi) is 4.47. The number of carbonyl (C=O) groups excluding carboxylic acids is 1. The van der Waals surface area contributed by atoms with Gasteiger partial charge in [-0.1, -0.05) is 6.92 Å². The third-order valence-electron chi connectivity index (χ3n) is 3.78. The minimum absolute atomic E-state index is 0.0125. The van der Waals surface area contributed by atoms with Crippen LogP contribution in [0.25, 0.3) is 0 Å². The Morgan fingerprint density at radius 1 is 1.47 bits per heavy atom. The Balaban J connectivity index is 2.00. The zero-order chi connectivity index (χ0) is 13.8. The number of hydrogen-bond acceptors (Lipinski definition) is 3. The van der Waals surface area contributed by atoms with Crippen molar-refractivity contribution in [3.63, 3.8) is 0 Å². The van der Waals surface area contributed by atoms with Crippen LogP contribution >= 0.6 is 0 Å². The number of hydrogen-bond donors (Lipinski definition) is 2. The number of aryl methyl sites for hydroxylation is 1. The van der Waals surface area contributed by atoms with Gasteiger partial charge in [-0.2, -0.15) is 0 Å². The summed E-state index contributed by atoms with van der Waals surface area (Å²) in [4.78, 5) is 14.7. The van der Waals surface area contributed by atoms with E-state index in [1.807, 2.05) is 17.7 Å². The van der Waals surface area contributed by atoms with Crippen molar-refractivity contribution in [2.45, 2.75) is 39.3 Å². The topological polar surface area (TPSA) is 63.3 Å². The fourth-order valence-corrected chi connectivity index (χ4v) is 2.71. The van der Waals surface area contributed by atoms with Crippen LogP contribution < -0.4 is 11.1 Å². The summed E-state index contributed by atoms with van der Waals surface area (Å²) < 4.78 is 1.89. The summed E-state index contributed by atoms with van der Waals surface area (Å²) in [6.45, 7) is 8.06. The first-order valence-electron chi connectivity index (χ1n) is 7.12. The average molecular weight is 264 g/mol. The molecule has 2 heterocycles. The first-order valence-corrected chi connectivity index (χ1v) is 7.12. The molecule has 1 aliphatic rings. The zero-order valence-electron chi connectivity index (χ0n) is 11.9. The van der Waals surface area contributed by atoms with Crippen LogP contribution in [-0.2, 0) is 6.54 Å². The molecule has 106 valence electrons. The van der Waals surface area contributed by atoms with Crippen molar-refractivity contribution >= 4 is 11.6 Å². The standard InChI is InChI=1S/C14H24N4O/c1-3-17-7-5-6-12(10-17)16-14(19)13-8-11(15)9-18(13)4-2/h8-9,12H,3-7,10,15H2,1-2H3,(H,16,19). The molecule has 1 saturated heterocycles. The minimum Gasteiger partial charge on any atom is -0.397 e. The van der Waals surface area contributed by atoms with Crippen LogP contribution in [0.15, 0.2) is 12.3 Å². The van der Waals surface area contributed by atoms with E-state index in [2.05, 4.69) is 17.1 Å². The second-order valence-corrected chi connectivity index (χ2v) is 5.15. The smallest absolute Gasteiger partial charge is 0.268 e. The first-order chi connectivity index (χ1) is 9.13. The molecular formula is C14H24N4O. The van der Waals surface area contributed by atoms with Gasteiger partial charge in [0.25, 0.3) is 5.91 Å². The predicted octanol–water partition coefficient (Wildman–Crippen LogP) is 1.30. The van der Waals surface area contributed by atoms with Crippen LogP contribution in [-0.4, -0.2) is 41.1 Å². The lowest BCUT2D eigenvalue weighted by molar-refractivity contribution is 0.0896. The molecule has 1 fully saturated rings. The normalized spacial score (nSPS) is 20.4. The summed E-state index contributed by atoms with van der Waals surface area (Å²) in [6.07, 6.45) is 4.02. The minimum atomic E-state index is -0.0125. The number of nitrogens with one attached hydrogen (secondary N) is 1. The van der Waals surface area contributed by atoms with Crippen LogP contribution in [0.2, 0.25) is 0 Å². The van der Waals surface area contributed by atoms with Crippen molar-refractivity contribution in [2.24, 2.45) is 0 Å². The second kappa shape index (κ2) is 6.10. The number of likely N-dealkylation sites (tertiary alicyclic amines) is 1. The van der Waals surface area contributed by atoms with Crippen LogP contribution in [0.1, 0.15) is 37.2 Å². The highest BCUT2D eigenvalue weighted by molar-refractivity contribution is 5.94. The maximum atomic E-state index is 12.3. The average Bonchev–Trinajstić information content (AvgIpc) is 2.80. The van der Waals surface area contributed by atoms with Crippen LogP contribution in [0.3, 0.4) is 0 Å². The van der Waals surface area contributed by atoms with Gasteiger partial charge in [0.15, 0.2) is 0 Å². The van der Waals surface area contributed by atoms with Gasteiger partial charge in [0, 0.05) is 25.3 Å². The van der Waals surface area contributed by atoms with Crippen molar-refractivity contribution in [2.75, 3.05) is 25.4 Å². The number of anilines is 1. The van der Waals surface area contributed by atoms with Crippen molar-refractivity contribution in [1.29, 1.82) is 0 Å². The summed E-state index contributed by atoms with van der Waals surface area (Å²) >= 11 is 0. The van der Waals surface area contributed by atoms with E-state index < -0.39 is 0 Å². The molecule has 0 saturated carbocycles. The number of nitrogen functional groups attached to an aromatic ring is 1. The highest BCUT2D eigenvalue weighted by atomic mass is 16.2. The zero-order valence-corrected chi connectivity index (χ0v) is 11.9. The van der Waals surface area contributed by atoms with E-state index in [0.717, 1.165) is 39.0 Å². The van der Waals surface area contributed by atoms with Crippen molar-refractivity contribution in [3.05, 3.63) is 18.0 Å². The molecule has 0 spiro atoms. The molecule has 0 radical (unpaired) electrons. The lowest BCUT2D eigenvalue weighted by atomic mass is 10.1. The van der Waals surface area contributed by atoms with E-state index in [1.54, 1.807) is 6.07 Å². The van der Waals surface area contributed by atoms with Gasteiger partial charge in [0.05, 0.1) is 5.69 Å². The summed E-state index contributed by atoms with van der Waals surface area (Å²) in [5, 5.41) is 3.13. The van der Waals surface area contributed by atoms with Crippen LogP contribution in [0, 0.1) is 0 Å².